The maximum absolute atomic E-state index is 13.9. The van der Waals surface area contributed by atoms with E-state index in [-0.39, 0.29) is 29.1 Å². The molecule has 3 aromatic heterocycles. The molecule has 0 radical (unpaired) electrons. The van der Waals surface area contributed by atoms with Crippen LogP contribution < -0.4 is 10.9 Å². The van der Waals surface area contributed by atoms with Gasteiger partial charge in [-0.25, -0.2) is 9.97 Å². The number of benzene rings is 1. The van der Waals surface area contributed by atoms with Crippen molar-refractivity contribution in [3.63, 3.8) is 0 Å². The number of fused-ring (bicyclic) bond motifs is 2. The Morgan fingerprint density at radius 2 is 1.95 bits per heavy atom. The number of piperidine rings is 1. The van der Waals surface area contributed by atoms with Crippen molar-refractivity contribution in [2.24, 2.45) is 0 Å². The van der Waals surface area contributed by atoms with E-state index in [0.29, 0.717) is 22.7 Å². The fraction of sp³-hybridized carbons (Fsp3) is 0.385. The van der Waals surface area contributed by atoms with Crippen LogP contribution in [0.3, 0.4) is 0 Å². The summed E-state index contributed by atoms with van der Waals surface area (Å²) in [7, 11) is 0. The van der Waals surface area contributed by atoms with E-state index in [0.717, 1.165) is 44.1 Å². The summed E-state index contributed by atoms with van der Waals surface area (Å²) < 4.78 is 43.5. The van der Waals surface area contributed by atoms with Crippen molar-refractivity contribution in [2.75, 3.05) is 25.0 Å². The number of aromatic amines is 1. The number of nitrogens with one attached hydrogen (secondary N) is 2. The van der Waals surface area contributed by atoms with Gasteiger partial charge in [0.25, 0.3) is 5.56 Å². The van der Waals surface area contributed by atoms with Crippen LogP contribution in [0.1, 0.15) is 48.0 Å². The Hall–Kier alpha value is -3.91. The third kappa shape index (κ3) is 5.02. The van der Waals surface area contributed by atoms with Gasteiger partial charge < -0.3 is 19.6 Å². The largest absolute Gasteiger partial charge is 0.418 e. The van der Waals surface area contributed by atoms with Crippen LogP contribution in [0.15, 0.2) is 35.4 Å². The molecule has 1 saturated heterocycles. The number of pyridine rings is 1. The first kappa shape index (κ1) is 24.8. The molecular formula is C26H26F3N7O. The number of aromatic nitrogens is 4. The molecule has 1 fully saturated rings. The number of imidazole rings is 1. The third-order valence-corrected chi connectivity index (χ3v) is 6.91. The molecule has 0 spiro atoms. The molecule has 0 unspecified atom stereocenters. The fourth-order valence-electron chi connectivity index (χ4n) is 4.84. The second-order valence-electron chi connectivity index (χ2n) is 9.43. The number of alkyl halides is 3. The van der Waals surface area contributed by atoms with E-state index in [1.807, 2.05) is 6.92 Å². The van der Waals surface area contributed by atoms with E-state index < -0.39 is 17.3 Å². The number of aryl methyl sites for hydroxylation is 1. The highest BCUT2D eigenvalue weighted by molar-refractivity contribution is 5.83. The Morgan fingerprint density at radius 3 is 2.62 bits per heavy atom. The number of H-pyrrole nitrogens is 1. The van der Waals surface area contributed by atoms with E-state index >= 15 is 0 Å². The maximum Gasteiger partial charge on any atom is 0.418 e. The number of likely N-dealkylation sites (tertiary alicyclic amines) is 1. The van der Waals surface area contributed by atoms with E-state index in [2.05, 4.69) is 38.2 Å². The molecule has 0 amide bonds. The lowest BCUT2D eigenvalue weighted by molar-refractivity contribution is -0.136. The molecule has 0 aliphatic carbocycles. The average molecular weight is 510 g/mol. The van der Waals surface area contributed by atoms with Crippen molar-refractivity contribution in [2.45, 2.75) is 45.3 Å². The zero-order chi connectivity index (χ0) is 26.3. The molecule has 1 aromatic carbocycles. The number of nitriles is 1. The number of anilines is 1. The smallest absolute Gasteiger partial charge is 0.382 e. The summed E-state index contributed by atoms with van der Waals surface area (Å²) in [6.07, 6.45) is 0.438. The van der Waals surface area contributed by atoms with Crippen molar-refractivity contribution in [1.29, 1.82) is 5.26 Å². The molecule has 4 heterocycles. The van der Waals surface area contributed by atoms with Crippen LogP contribution in [-0.4, -0.2) is 49.9 Å². The SMILES string of the molecule is CCN1CCC(Nc2cc3nc(Cc4cn5cc(C#N)c(C)cc5n4)[nH]c(=O)c3cc2C(F)(F)F)CC1. The van der Waals surface area contributed by atoms with E-state index in [1.54, 1.807) is 22.9 Å². The van der Waals surface area contributed by atoms with Gasteiger partial charge in [-0.05, 0) is 50.1 Å². The summed E-state index contributed by atoms with van der Waals surface area (Å²) >= 11 is 0. The monoisotopic (exact) mass is 509 g/mol. The van der Waals surface area contributed by atoms with Gasteiger partial charge in [-0.2, -0.15) is 18.4 Å². The van der Waals surface area contributed by atoms with Crippen molar-refractivity contribution in [3.8, 4) is 6.07 Å². The molecule has 1 aliphatic heterocycles. The molecule has 5 rings (SSSR count). The summed E-state index contributed by atoms with van der Waals surface area (Å²) in [4.78, 5) is 26.7. The van der Waals surface area contributed by atoms with Crippen LogP contribution >= 0.6 is 0 Å². The summed E-state index contributed by atoms with van der Waals surface area (Å²) in [5, 5.41) is 12.2. The minimum absolute atomic E-state index is 0.0637. The lowest BCUT2D eigenvalue weighted by atomic mass is 10.0. The first-order chi connectivity index (χ1) is 17.6. The van der Waals surface area contributed by atoms with Crippen LogP contribution in [0, 0.1) is 18.3 Å². The molecule has 37 heavy (non-hydrogen) atoms. The molecule has 0 bridgehead atoms. The summed E-state index contributed by atoms with van der Waals surface area (Å²) in [5.74, 6) is 0.292. The Labute approximate surface area is 210 Å². The number of rotatable bonds is 5. The van der Waals surface area contributed by atoms with E-state index in [4.69, 9.17) is 0 Å². The predicted octanol–water partition coefficient (Wildman–Crippen LogP) is 4.26. The average Bonchev–Trinajstić information content (AvgIpc) is 3.23. The second-order valence-corrected chi connectivity index (χ2v) is 9.43. The normalized spacial score (nSPS) is 15.4. The molecule has 0 saturated carbocycles. The fourth-order valence-corrected chi connectivity index (χ4v) is 4.84. The van der Waals surface area contributed by atoms with Crippen LogP contribution in [0.25, 0.3) is 16.6 Å². The van der Waals surface area contributed by atoms with E-state index in [9.17, 15) is 23.2 Å². The molecule has 2 N–H and O–H groups in total. The van der Waals surface area contributed by atoms with Gasteiger partial charge in [0.1, 0.15) is 17.5 Å². The van der Waals surface area contributed by atoms with E-state index in [1.165, 1.54) is 6.07 Å². The third-order valence-electron chi connectivity index (χ3n) is 6.91. The first-order valence-electron chi connectivity index (χ1n) is 12.2. The van der Waals surface area contributed by atoms with Gasteiger partial charge in [0, 0.05) is 43.6 Å². The predicted molar refractivity (Wildman–Crippen MR) is 134 cm³/mol. The quantitative estimate of drug-likeness (QED) is 0.417. The lowest BCUT2D eigenvalue weighted by Crippen LogP contribution is -2.39. The van der Waals surface area contributed by atoms with Gasteiger partial charge in [0.15, 0.2) is 0 Å². The Bertz CT molecular complexity index is 1570. The van der Waals surface area contributed by atoms with Crippen molar-refractivity contribution < 1.29 is 13.2 Å². The molecule has 8 nitrogen and oxygen atoms in total. The topological polar surface area (TPSA) is 102 Å². The number of hydrogen-bond acceptors (Lipinski definition) is 6. The Kier molecular flexibility index (Phi) is 6.37. The standard InChI is InChI=1S/C26H26F3N7O/c1-3-35-6-4-17(5-7-35)31-22-11-21-19(10-20(22)26(27,28)29)25(37)34-23(33-21)9-18-14-36-13-16(12-30)15(2)8-24(36)32-18/h8,10-11,13-14,17,31H,3-7,9H2,1-2H3,(H,33,34,37). The minimum atomic E-state index is -4.62. The van der Waals surface area contributed by atoms with Gasteiger partial charge >= 0.3 is 6.18 Å². The van der Waals surface area contributed by atoms with Crippen LogP contribution in [0.5, 0.6) is 0 Å². The highest BCUT2D eigenvalue weighted by atomic mass is 19.4. The number of nitrogens with zero attached hydrogens (tertiary/aromatic N) is 5. The van der Waals surface area contributed by atoms with Gasteiger partial charge in [-0.3, -0.25) is 4.79 Å². The Balaban J connectivity index is 1.49. The zero-order valence-electron chi connectivity index (χ0n) is 20.5. The van der Waals surface area contributed by atoms with Gasteiger partial charge in [0.2, 0.25) is 0 Å². The van der Waals surface area contributed by atoms with Crippen LogP contribution in [0.4, 0.5) is 18.9 Å². The molecular weight excluding hydrogens is 483 g/mol. The Morgan fingerprint density at radius 1 is 1.19 bits per heavy atom. The minimum Gasteiger partial charge on any atom is -0.382 e. The van der Waals surface area contributed by atoms with Gasteiger partial charge in [0.05, 0.1) is 27.7 Å². The number of halogens is 3. The van der Waals surface area contributed by atoms with Gasteiger partial charge in [-0.15, -0.1) is 0 Å². The van der Waals surface area contributed by atoms with Gasteiger partial charge in [-0.1, -0.05) is 6.92 Å². The molecule has 0 atom stereocenters. The van der Waals surface area contributed by atoms with Crippen molar-refractivity contribution in [3.05, 3.63) is 69.2 Å². The molecule has 1 aliphatic rings. The van der Waals surface area contributed by atoms with Crippen LogP contribution in [0.2, 0.25) is 0 Å². The highest BCUT2D eigenvalue weighted by Crippen LogP contribution is 2.37. The maximum atomic E-state index is 13.9. The lowest BCUT2D eigenvalue weighted by Gasteiger charge is -2.32. The number of hydrogen-bond donors (Lipinski definition) is 2. The first-order valence-corrected chi connectivity index (χ1v) is 12.2. The summed E-state index contributed by atoms with van der Waals surface area (Å²) in [6.45, 7) is 6.44. The highest BCUT2D eigenvalue weighted by Gasteiger charge is 2.35. The summed E-state index contributed by atoms with van der Waals surface area (Å²) in [5.41, 5.74) is 1.18. The second kappa shape index (κ2) is 9.52. The molecule has 11 heteroatoms. The van der Waals surface area contributed by atoms with Crippen LogP contribution in [-0.2, 0) is 12.6 Å². The molecule has 192 valence electrons. The van der Waals surface area contributed by atoms with Crippen molar-refractivity contribution >= 4 is 22.2 Å². The van der Waals surface area contributed by atoms with Crippen molar-refractivity contribution in [1.82, 2.24) is 24.3 Å². The molecule has 4 aromatic rings. The summed E-state index contributed by atoms with van der Waals surface area (Å²) in [6, 6.07) is 6.04. The zero-order valence-corrected chi connectivity index (χ0v) is 20.5.